The van der Waals surface area contributed by atoms with Crippen LogP contribution >= 0.6 is 11.3 Å². The van der Waals surface area contributed by atoms with Crippen molar-refractivity contribution in [3.8, 4) is 0 Å². The van der Waals surface area contributed by atoms with Crippen LogP contribution in [0.25, 0.3) is 0 Å². The third kappa shape index (κ3) is 2.32. The molecule has 3 rings (SSSR count). The van der Waals surface area contributed by atoms with Gasteiger partial charge in [-0.25, -0.2) is 0 Å². The van der Waals surface area contributed by atoms with Crippen LogP contribution in [0.4, 0.5) is 0 Å². The van der Waals surface area contributed by atoms with Crippen LogP contribution in [0.3, 0.4) is 0 Å². The molecule has 0 saturated heterocycles. The first-order valence-corrected chi connectivity index (χ1v) is 8.35. The molecule has 2 heteroatoms. The van der Waals surface area contributed by atoms with E-state index in [0.717, 1.165) is 6.54 Å². The van der Waals surface area contributed by atoms with E-state index in [4.69, 9.17) is 0 Å². The van der Waals surface area contributed by atoms with Crippen molar-refractivity contribution in [2.24, 2.45) is 0 Å². The van der Waals surface area contributed by atoms with Crippen molar-refractivity contribution in [3.63, 3.8) is 0 Å². The lowest BCUT2D eigenvalue weighted by molar-refractivity contribution is 0.439. The van der Waals surface area contributed by atoms with E-state index in [0.29, 0.717) is 11.5 Å². The highest BCUT2D eigenvalue weighted by Gasteiger charge is 2.51. The van der Waals surface area contributed by atoms with Gasteiger partial charge >= 0.3 is 0 Å². The number of nitrogens with one attached hydrogen (secondary N) is 1. The first-order chi connectivity index (χ1) is 9.67. The molecule has 0 radical (unpaired) electrons. The fraction of sp³-hybridized carbons (Fsp3) is 0.444. The summed E-state index contributed by atoms with van der Waals surface area (Å²) in [6, 6.07) is 13.9. The molecule has 20 heavy (non-hydrogen) atoms. The normalized spacial score (nSPS) is 17.9. The Morgan fingerprint density at radius 2 is 1.90 bits per heavy atom. The van der Waals surface area contributed by atoms with Crippen molar-refractivity contribution < 1.29 is 0 Å². The Morgan fingerprint density at radius 1 is 1.20 bits per heavy atom. The fourth-order valence-electron chi connectivity index (χ4n) is 3.39. The van der Waals surface area contributed by atoms with Gasteiger partial charge in [0.2, 0.25) is 0 Å². The van der Waals surface area contributed by atoms with Crippen LogP contribution < -0.4 is 5.32 Å². The summed E-state index contributed by atoms with van der Waals surface area (Å²) in [7, 11) is 0. The molecule has 1 unspecified atom stereocenters. The zero-order chi connectivity index (χ0) is 14.2. The fourth-order valence-corrected chi connectivity index (χ4v) is 4.36. The first kappa shape index (κ1) is 13.8. The number of aryl methyl sites for hydroxylation is 2. The third-order valence-corrected chi connectivity index (χ3v) is 5.47. The van der Waals surface area contributed by atoms with Crippen molar-refractivity contribution in [1.29, 1.82) is 0 Å². The van der Waals surface area contributed by atoms with E-state index in [2.05, 4.69) is 62.5 Å². The molecular formula is C18H23NS. The Hall–Kier alpha value is -1.12. The molecule has 1 N–H and O–H groups in total. The Kier molecular flexibility index (Phi) is 3.70. The lowest BCUT2D eigenvalue weighted by Crippen LogP contribution is -2.32. The molecule has 1 nitrogen and oxygen atoms in total. The average Bonchev–Trinajstić information content (AvgIpc) is 3.18. The first-order valence-electron chi connectivity index (χ1n) is 7.53. The van der Waals surface area contributed by atoms with E-state index in [1.807, 2.05) is 11.3 Å². The van der Waals surface area contributed by atoms with Gasteiger partial charge in [0.15, 0.2) is 0 Å². The lowest BCUT2D eigenvalue weighted by Gasteiger charge is -2.29. The molecule has 1 saturated carbocycles. The summed E-state index contributed by atoms with van der Waals surface area (Å²) in [5.41, 5.74) is 3.32. The lowest BCUT2D eigenvalue weighted by atomic mass is 9.84. The minimum atomic E-state index is 0.315. The largest absolute Gasteiger partial charge is 0.309 e. The van der Waals surface area contributed by atoms with Gasteiger partial charge in [0, 0.05) is 21.2 Å². The number of rotatable bonds is 5. The Bertz CT molecular complexity index is 581. The molecular weight excluding hydrogens is 262 g/mol. The van der Waals surface area contributed by atoms with Gasteiger partial charge in [-0.1, -0.05) is 37.3 Å². The number of likely N-dealkylation sites (N-methyl/N-ethyl adjacent to an activating group) is 1. The summed E-state index contributed by atoms with van der Waals surface area (Å²) >= 11 is 1.92. The predicted octanol–water partition coefficient (Wildman–Crippen LogP) is 4.75. The Balaban J connectivity index is 2.01. The number of benzene rings is 1. The highest BCUT2D eigenvalue weighted by Crippen LogP contribution is 2.57. The molecule has 106 valence electrons. The molecule has 1 aliphatic carbocycles. The van der Waals surface area contributed by atoms with Crippen molar-refractivity contribution in [3.05, 3.63) is 57.3 Å². The summed E-state index contributed by atoms with van der Waals surface area (Å²) in [5.74, 6) is 0. The zero-order valence-electron chi connectivity index (χ0n) is 12.6. The topological polar surface area (TPSA) is 12.0 Å². The summed E-state index contributed by atoms with van der Waals surface area (Å²) < 4.78 is 0. The molecule has 0 aliphatic heterocycles. The monoisotopic (exact) mass is 285 g/mol. The molecule has 1 aromatic heterocycles. The summed E-state index contributed by atoms with van der Waals surface area (Å²) in [6.07, 6.45) is 2.59. The van der Waals surface area contributed by atoms with Crippen LogP contribution in [0, 0.1) is 13.8 Å². The van der Waals surface area contributed by atoms with Gasteiger partial charge in [0.05, 0.1) is 0 Å². The quantitative estimate of drug-likeness (QED) is 0.836. The molecule has 0 bridgehead atoms. The number of hydrogen-bond acceptors (Lipinski definition) is 2. The second-order valence-corrected chi connectivity index (χ2v) is 7.34. The van der Waals surface area contributed by atoms with Gasteiger partial charge in [-0.15, -0.1) is 11.3 Å². The molecule has 0 amide bonds. The van der Waals surface area contributed by atoms with Crippen molar-refractivity contribution >= 4 is 11.3 Å². The standard InChI is InChI=1S/C18H23NS/c1-4-19-17(16-12-13(2)20-14(16)3)18(10-11-18)15-8-6-5-7-9-15/h5-9,12,17,19H,4,10-11H2,1-3H3. The molecule has 1 aromatic carbocycles. The van der Waals surface area contributed by atoms with Crippen LogP contribution in [-0.4, -0.2) is 6.54 Å². The maximum Gasteiger partial charge on any atom is 0.0429 e. The smallest absolute Gasteiger partial charge is 0.0429 e. The Labute approximate surface area is 126 Å². The van der Waals surface area contributed by atoms with E-state index in [1.165, 1.54) is 33.7 Å². The van der Waals surface area contributed by atoms with Gasteiger partial charge in [-0.2, -0.15) is 0 Å². The van der Waals surface area contributed by atoms with Gasteiger partial charge in [-0.3, -0.25) is 0 Å². The maximum atomic E-state index is 3.76. The predicted molar refractivity (Wildman–Crippen MR) is 87.6 cm³/mol. The minimum absolute atomic E-state index is 0.315. The summed E-state index contributed by atoms with van der Waals surface area (Å²) in [5, 5.41) is 3.76. The van der Waals surface area contributed by atoms with Crippen LogP contribution in [-0.2, 0) is 5.41 Å². The van der Waals surface area contributed by atoms with Crippen LogP contribution in [0.5, 0.6) is 0 Å². The highest BCUT2D eigenvalue weighted by atomic mass is 32.1. The third-order valence-electron chi connectivity index (χ3n) is 4.49. The van der Waals surface area contributed by atoms with Gasteiger partial charge in [0.25, 0.3) is 0 Å². The van der Waals surface area contributed by atoms with Crippen LogP contribution in [0.15, 0.2) is 36.4 Å². The van der Waals surface area contributed by atoms with Crippen molar-refractivity contribution in [2.45, 2.75) is 45.1 Å². The van der Waals surface area contributed by atoms with Crippen LogP contribution in [0.2, 0.25) is 0 Å². The minimum Gasteiger partial charge on any atom is -0.309 e. The van der Waals surface area contributed by atoms with Crippen molar-refractivity contribution in [1.82, 2.24) is 5.32 Å². The van der Waals surface area contributed by atoms with E-state index in [-0.39, 0.29) is 0 Å². The highest BCUT2D eigenvalue weighted by molar-refractivity contribution is 7.12. The molecule has 2 aromatic rings. The van der Waals surface area contributed by atoms with E-state index in [9.17, 15) is 0 Å². The van der Waals surface area contributed by atoms with Crippen molar-refractivity contribution in [2.75, 3.05) is 6.54 Å². The average molecular weight is 285 g/mol. The summed E-state index contributed by atoms with van der Waals surface area (Å²) in [6.45, 7) is 7.71. The Morgan fingerprint density at radius 3 is 2.40 bits per heavy atom. The SMILES string of the molecule is CCNC(c1cc(C)sc1C)C1(c2ccccc2)CC1. The zero-order valence-corrected chi connectivity index (χ0v) is 13.4. The van der Waals surface area contributed by atoms with Gasteiger partial charge in [0.1, 0.15) is 0 Å². The van der Waals surface area contributed by atoms with Gasteiger partial charge < -0.3 is 5.32 Å². The molecule has 1 fully saturated rings. The number of thiophene rings is 1. The van der Waals surface area contributed by atoms with Gasteiger partial charge in [-0.05, 0) is 50.4 Å². The maximum absolute atomic E-state index is 3.76. The molecule has 1 atom stereocenters. The second kappa shape index (κ2) is 5.34. The van der Waals surface area contributed by atoms with E-state index >= 15 is 0 Å². The summed E-state index contributed by atoms with van der Waals surface area (Å²) in [4.78, 5) is 2.89. The molecule has 1 aliphatic rings. The molecule has 1 heterocycles. The van der Waals surface area contributed by atoms with E-state index < -0.39 is 0 Å². The van der Waals surface area contributed by atoms with Crippen LogP contribution in [0.1, 0.15) is 46.7 Å². The number of hydrogen-bond donors (Lipinski definition) is 1. The van der Waals surface area contributed by atoms with E-state index in [1.54, 1.807) is 0 Å². The second-order valence-electron chi connectivity index (χ2n) is 5.88. The molecule has 0 spiro atoms.